The maximum Gasteiger partial charge on any atom is 0.242 e. The Kier molecular flexibility index (Phi) is 6.55. The smallest absolute Gasteiger partial charge is 0.242 e. The van der Waals surface area contributed by atoms with E-state index in [9.17, 15) is 19.5 Å². The van der Waals surface area contributed by atoms with Gasteiger partial charge in [-0.3, -0.25) is 9.59 Å². The van der Waals surface area contributed by atoms with E-state index in [-0.39, 0.29) is 36.0 Å². The minimum atomic E-state index is -1.37. The molecule has 0 spiro atoms. The van der Waals surface area contributed by atoms with E-state index < -0.39 is 17.9 Å². The van der Waals surface area contributed by atoms with E-state index in [1.165, 1.54) is 27.7 Å². The fraction of sp³-hybridized carbons (Fsp3) is 0.591. The number of aromatic nitrogens is 6. The van der Waals surface area contributed by atoms with Crippen LogP contribution in [0.2, 0.25) is 0 Å². The van der Waals surface area contributed by atoms with Crippen LogP contribution >= 0.6 is 11.8 Å². The molecule has 2 aromatic heterocycles. The molecule has 2 aromatic rings. The minimum absolute atomic E-state index is 0.0682. The normalized spacial score (nSPS) is 26.2. The van der Waals surface area contributed by atoms with E-state index in [2.05, 4.69) is 30.8 Å². The van der Waals surface area contributed by atoms with E-state index in [1.807, 2.05) is 31.0 Å². The average Bonchev–Trinajstić information content (AvgIpc) is 3.60. The third-order valence-corrected chi connectivity index (χ3v) is 8.47. The molecule has 192 valence electrons. The van der Waals surface area contributed by atoms with Crippen LogP contribution in [0.3, 0.4) is 0 Å². The van der Waals surface area contributed by atoms with Crippen molar-refractivity contribution in [3.8, 4) is 0 Å². The first-order chi connectivity index (χ1) is 17.2. The molecule has 0 aliphatic carbocycles. The van der Waals surface area contributed by atoms with Crippen molar-refractivity contribution in [2.45, 2.75) is 50.3 Å². The molecular weight excluding hydrogens is 486 g/mol. The lowest BCUT2D eigenvalue weighted by atomic mass is 9.78. The average molecular weight is 516 g/mol. The van der Waals surface area contributed by atoms with Crippen molar-refractivity contribution in [3.63, 3.8) is 0 Å². The zero-order chi connectivity index (χ0) is 25.6. The minimum Gasteiger partial charge on any atom is -0.543 e. The second kappa shape index (κ2) is 9.65. The van der Waals surface area contributed by atoms with Crippen molar-refractivity contribution >= 4 is 29.5 Å². The zero-order valence-corrected chi connectivity index (χ0v) is 21.1. The van der Waals surface area contributed by atoms with Crippen LogP contribution in [-0.4, -0.2) is 72.7 Å². The summed E-state index contributed by atoms with van der Waals surface area (Å²) in [6.45, 7) is 6.50. The summed E-state index contributed by atoms with van der Waals surface area (Å²) in [7, 11) is 1.96. The molecule has 2 amide bonds. The number of rotatable bonds is 9. The summed E-state index contributed by atoms with van der Waals surface area (Å²) < 4.78 is 5.42. The number of carboxylic acids is 1. The molecule has 0 unspecified atom stereocenters. The molecule has 3 aliphatic rings. The number of hydrogen-bond donors (Lipinski definition) is 2. The number of aryl methyl sites for hydroxylation is 1. The van der Waals surface area contributed by atoms with Gasteiger partial charge in [0.05, 0.1) is 41.3 Å². The Morgan fingerprint density at radius 2 is 2.22 bits per heavy atom. The first-order valence-corrected chi connectivity index (χ1v) is 12.8. The van der Waals surface area contributed by atoms with Crippen molar-refractivity contribution in [2.75, 3.05) is 13.1 Å². The van der Waals surface area contributed by atoms with Gasteiger partial charge < -0.3 is 25.4 Å². The molecule has 0 radical (unpaired) electrons. The Bertz CT molecular complexity index is 1200. The predicted octanol–water partition coefficient (Wildman–Crippen LogP) is -2.36. The summed E-state index contributed by atoms with van der Waals surface area (Å²) >= 11 is 1.36. The van der Waals surface area contributed by atoms with Crippen molar-refractivity contribution in [1.82, 2.24) is 40.4 Å². The number of tetrazole rings is 1. The number of carbonyl (C=O) groups excluding carboxylic acids is 3. The first-order valence-electron chi connectivity index (χ1n) is 12.0. The fourth-order valence-corrected chi connectivity index (χ4v) is 6.72. The lowest BCUT2D eigenvalue weighted by Crippen LogP contribution is -2.66. The molecular formula is C22H29N9O4S. The van der Waals surface area contributed by atoms with Gasteiger partial charge >= 0.3 is 0 Å². The number of fused-ring (bicyclic) bond motifs is 1. The molecule has 2 fully saturated rings. The largest absolute Gasteiger partial charge is 0.543 e. The van der Waals surface area contributed by atoms with Gasteiger partial charge in [-0.05, 0) is 42.8 Å². The number of hydrogen-bond acceptors (Lipinski definition) is 9. The van der Waals surface area contributed by atoms with Crippen LogP contribution in [0.1, 0.15) is 20.3 Å². The number of amides is 2. The maximum absolute atomic E-state index is 13.1. The van der Waals surface area contributed by atoms with Gasteiger partial charge in [0, 0.05) is 16.9 Å². The van der Waals surface area contributed by atoms with Gasteiger partial charge in [0.25, 0.3) is 0 Å². The number of nitrogens with one attached hydrogen (secondary N) is 2. The fourth-order valence-electron chi connectivity index (χ4n) is 5.48. The molecule has 2 N–H and O–H groups in total. The molecule has 2 saturated heterocycles. The van der Waals surface area contributed by atoms with Gasteiger partial charge in [-0.15, -0.1) is 9.78 Å². The molecule has 0 bridgehead atoms. The van der Waals surface area contributed by atoms with E-state index in [0.717, 1.165) is 31.0 Å². The Balaban J connectivity index is 1.30. The van der Waals surface area contributed by atoms with Crippen LogP contribution in [0.5, 0.6) is 0 Å². The monoisotopic (exact) mass is 515 g/mol. The molecule has 0 aromatic carbocycles. The quantitative estimate of drug-likeness (QED) is 0.276. The summed E-state index contributed by atoms with van der Waals surface area (Å²) in [5, 5.41) is 29.0. The number of carbonyl (C=O) groups is 3. The van der Waals surface area contributed by atoms with Crippen molar-refractivity contribution in [1.29, 1.82) is 0 Å². The van der Waals surface area contributed by atoms with Gasteiger partial charge in [-0.25, -0.2) is 4.68 Å². The second-order valence-corrected chi connectivity index (χ2v) is 10.8. The predicted molar refractivity (Wildman–Crippen MR) is 123 cm³/mol. The van der Waals surface area contributed by atoms with Crippen LogP contribution < -0.4 is 20.4 Å². The second-order valence-electron chi connectivity index (χ2n) is 9.69. The number of aliphatic carboxylic acids is 1. The van der Waals surface area contributed by atoms with Crippen LogP contribution in [0.4, 0.5) is 0 Å². The van der Waals surface area contributed by atoms with Crippen LogP contribution in [0, 0.1) is 17.8 Å². The Morgan fingerprint density at radius 1 is 1.42 bits per heavy atom. The zero-order valence-electron chi connectivity index (χ0n) is 20.3. The SMILES string of the molecule is C[C@@H](NC(=O)Cn1cnnn1)[C@H]1C(=O)N2C(C(=O)[O-])=C(Sc3cn(C[C@@H]4CCNC4)[n+](C)c3)[C@H](C)[C@H]12. The number of nitrogens with zero attached hydrogens (tertiary/aromatic N) is 7. The molecule has 36 heavy (non-hydrogen) atoms. The number of carboxylic acid groups (broad SMARTS) is 1. The molecule has 5 rings (SSSR count). The highest BCUT2D eigenvalue weighted by atomic mass is 32.2. The van der Waals surface area contributed by atoms with E-state index in [1.54, 1.807) is 6.92 Å². The first kappa shape index (κ1) is 24.4. The number of β-lactam (4-membered cyclic amide) rings is 1. The standard InChI is InChI=1S/C22H29N9O4S/c1-12-18-17(13(2)25-16(32)10-29-11-24-26-27-29)21(33)31(18)19(22(34)35)20(12)36-15-8-28(3)30(9-15)7-14-4-5-23-6-14/h8-9,11-14,17-18,23H,4-7,10H2,1-3H3,(H-,25,32,34,35)/t12-,13-,14-,17-,18-/m1/s1. The molecule has 5 atom stereocenters. The van der Waals surface area contributed by atoms with Crippen LogP contribution in [0.15, 0.2) is 34.2 Å². The molecule has 3 aliphatic heterocycles. The van der Waals surface area contributed by atoms with Gasteiger partial charge in [0.1, 0.15) is 12.9 Å². The van der Waals surface area contributed by atoms with Gasteiger partial charge in [-0.2, -0.15) is 4.68 Å². The molecule has 13 nitrogen and oxygen atoms in total. The maximum atomic E-state index is 13.1. The van der Waals surface area contributed by atoms with Crippen molar-refractivity contribution in [3.05, 3.63) is 29.3 Å². The van der Waals surface area contributed by atoms with Crippen LogP contribution in [-0.2, 0) is 34.5 Å². The highest BCUT2D eigenvalue weighted by Gasteiger charge is 2.59. The number of thioether (sulfide) groups is 1. The molecule has 14 heteroatoms. The van der Waals surface area contributed by atoms with E-state index in [4.69, 9.17) is 0 Å². The summed E-state index contributed by atoms with van der Waals surface area (Å²) in [5.74, 6) is -2.23. The summed E-state index contributed by atoms with van der Waals surface area (Å²) in [4.78, 5) is 40.4. The van der Waals surface area contributed by atoms with E-state index in [0.29, 0.717) is 10.8 Å². The molecule has 5 heterocycles. The van der Waals surface area contributed by atoms with Gasteiger partial charge in [0.2, 0.25) is 18.0 Å². The Labute approximate surface area is 211 Å². The molecule has 0 saturated carbocycles. The third-order valence-electron chi connectivity index (χ3n) is 7.24. The van der Waals surface area contributed by atoms with E-state index >= 15 is 0 Å². The Morgan fingerprint density at radius 3 is 2.89 bits per heavy atom. The summed E-state index contributed by atoms with van der Waals surface area (Å²) in [6, 6.07) is -0.854. The van der Waals surface area contributed by atoms with Crippen molar-refractivity contribution in [2.24, 2.45) is 24.8 Å². The van der Waals surface area contributed by atoms with Crippen LogP contribution in [0.25, 0.3) is 0 Å². The summed E-state index contributed by atoms with van der Waals surface area (Å²) in [6.07, 6.45) is 6.45. The lowest BCUT2D eigenvalue weighted by Gasteiger charge is -2.48. The highest BCUT2D eigenvalue weighted by Crippen LogP contribution is 2.51. The third kappa shape index (κ3) is 4.39. The summed E-state index contributed by atoms with van der Waals surface area (Å²) in [5.41, 5.74) is -0.0682. The van der Waals surface area contributed by atoms with Gasteiger partial charge in [-0.1, -0.05) is 18.7 Å². The van der Waals surface area contributed by atoms with Crippen molar-refractivity contribution < 1.29 is 24.2 Å². The van der Waals surface area contributed by atoms with Gasteiger partial charge in [0.15, 0.2) is 7.05 Å². The Hall–Kier alpha value is -3.26. The highest BCUT2D eigenvalue weighted by molar-refractivity contribution is 8.03. The lowest BCUT2D eigenvalue weighted by molar-refractivity contribution is -0.754. The topological polar surface area (TPSA) is 154 Å².